The number of hydrogen-bond acceptors (Lipinski definition) is 3. The number of halogens is 2. The Morgan fingerprint density at radius 3 is 2.89 bits per heavy atom. The Bertz CT molecular complexity index is 598. The minimum Gasteiger partial charge on any atom is -0.487 e. The second-order valence-electron chi connectivity index (χ2n) is 3.90. The Morgan fingerprint density at radius 2 is 2.26 bits per heavy atom. The molecule has 0 bridgehead atoms. The van der Waals surface area contributed by atoms with Crippen LogP contribution in [0.15, 0.2) is 33.4 Å². The zero-order valence-electron chi connectivity index (χ0n) is 9.94. The maximum Gasteiger partial charge on any atom is 0.372 e. The standard InChI is InChI=1S/C13H10BrClO4/c1-7-4-9(14)5-10(15)11(7)19-6-8-2-3-18-12(8)13(16)17/h2-5H,6H2,1H3,(H,16,17). The first-order valence-corrected chi connectivity index (χ1v) is 6.54. The number of carboxylic acids is 1. The zero-order chi connectivity index (χ0) is 14.0. The summed E-state index contributed by atoms with van der Waals surface area (Å²) in [6, 6.07) is 5.15. The van der Waals surface area contributed by atoms with Crippen LogP contribution in [0.2, 0.25) is 5.02 Å². The highest BCUT2D eigenvalue weighted by Crippen LogP contribution is 2.32. The Labute approximate surface area is 123 Å². The van der Waals surface area contributed by atoms with Gasteiger partial charge in [0.25, 0.3) is 0 Å². The quantitative estimate of drug-likeness (QED) is 0.898. The number of hydrogen-bond donors (Lipinski definition) is 1. The molecule has 0 saturated heterocycles. The number of rotatable bonds is 4. The number of ether oxygens (including phenoxy) is 1. The van der Waals surface area contributed by atoms with E-state index in [0.29, 0.717) is 16.3 Å². The molecule has 100 valence electrons. The molecule has 0 aliphatic heterocycles. The molecule has 0 spiro atoms. The topological polar surface area (TPSA) is 59.7 Å². The van der Waals surface area contributed by atoms with Gasteiger partial charge in [0.1, 0.15) is 12.4 Å². The van der Waals surface area contributed by atoms with Crippen LogP contribution in [0.25, 0.3) is 0 Å². The first kappa shape index (κ1) is 14.0. The van der Waals surface area contributed by atoms with E-state index in [-0.39, 0.29) is 12.4 Å². The smallest absolute Gasteiger partial charge is 0.372 e. The van der Waals surface area contributed by atoms with Gasteiger partial charge in [-0.2, -0.15) is 0 Å². The first-order chi connectivity index (χ1) is 8.99. The van der Waals surface area contributed by atoms with Crippen molar-refractivity contribution in [2.45, 2.75) is 13.5 Å². The molecule has 1 N–H and O–H groups in total. The van der Waals surface area contributed by atoms with E-state index in [0.717, 1.165) is 10.0 Å². The van der Waals surface area contributed by atoms with E-state index >= 15 is 0 Å². The number of carboxylic acid groups (broad SMARTS) is 1. The normalized spacial score (nSPS) is 10.5. The largest absolute Gasteiger partial charge is 0.487 e. The van der Waals surface area contributed by atoms with Crippen LogP contribution in [0.5, 0.6) is 5.75 Å². The Kier molecular flexibility index (Phi) is 4.17. The fourth-order valence-electron chi connectivity index (χ4n) is 1.66. The number of aromatic carboxylic acids is 1. The summed E-state index contributed by atoms with van der Waals surface area (Å²) in [4.78, 5) is 10.9. The van der Waals surface area contributed by atoms with E-state index < -0.39 is 5.97 Å². The fourth-order valence-corrected chi connectivity index (χ4v) is 2.68. The van der Waals surface area contributed by atoms with Crippen LogP contribution in [0.1, 0.15) is 21.7 Å². The van der Waals surface area contributed by atoms with Gasteiger partial charge in [-0.3, -0.25) is 0 Å². The SMILES string of the molecule is Cc1cc(Br)cc(Cl)c1OCc1ccoc1C(=O)O. The number of benzene rings is 1. The van der Waals surface area contributed by atoms with Crippen LogP contribution in [0.4, 0.5) is 0 Å². The molecule has 0 radical (unpaired) electrons. The summed E-state index contributed by atoms with van der Waals surface area (Å²) in [6.07, 6.45) is 1.32. The second-order valence-corrected chi connectivity index (χ2v) is 5.23. The fraction of sp³-hybridized carbons (Fsp3) is 0.154. The van der Waals surface area contributed by atoms with Crippen molar-refractivity contribution in [2.24, 2.45) is 0 Å². The van der Waals surface area contributed by atoms with Crippen molar-refractivity contribution in [3.8, 4) is 5.75 Å². The summed E-state index contributed by atoms with van der Waals surface area (Å²) in [5, 5.41) is 9.38. The maximum absolute atomic E-state index is 10.9. The lowest BCUT2D eigenvalue weighted by molar-refractivity contribution is 0.0658. The van der Waals surface area contributed by atoms with E-state index in [9.17, 15) is 4.79 Å². The van der Waals surface area contributed by atoms with Crippen molar-refractivity contribution in [2.75, 3.05) is 0 Å². The summed E-state index contributed by atoms with van der Waals surface area (Å²) in [5.74, 6) is -0.712. The highest BCUT2D eigenvalue weighted by Gasteiger charge is 2.15. The molecule has 0 saturated carbocycles. The highest BCUT2D eigenvalue weighted by atomic mass is 79.9. The Hall–Kier alpha value is -1.46. The molecular formula is C13H10BrClO4. The van der Waals surface area contributed by atoms with Gasteiger partial charge in [-0.1, -0.05) is 27.5 Å². The Morgan fingerprint density at radius 1 is 1.53 bits per heavy atom. The summed E-state index contributed by atoms with van der Waals surface area (Å²) >= 11 is 9.42. The van der Waals surface area contributed by atoms with Crippen LogP contribution in [-0.2, 0) is 6.61 Å². The average Bonchev–Trinajstić information content (AvgIpc) is 2.75. The third-order valence-electron chi connectivity index (χ3n) is 2.51. The van der Waals surface area contributed by atoms with Crippen molar-refractivity contribution >= 4 is 33.5 Å². The maximum atomic E-state index is 10.9. The molecule has 0 aliphatic carbocycles. The summed E-state index contributed by atoms with van der Waals surface area (Å²) in [6.45, 7) is 1.94. The van der Waals surface area contributed by atoms with Gasteiger partial charge in [-0.25, -0.2) is 4.79 Å². The van der Waals surface area contributed by atoms with Crippen molar-refractivity contribution in [1.29, 1.82) is 0 Å². The third kappa shape index (κ3) is 3.11. The van der Waals surface area contributed by atoms with Crippen molar-refractivity contribution < 1.29 is 19.1 Å². The van der Waals surface area contributed by atoms with Crippen molar-refractivity contribution in [3.63, 3.8) is 0 Å². The molecule has 0 atom stereocenters. The van der Waals surface area contributed by atoms with Gasteiger partial charge in [-0.15, -0.1) is 0 Å². The van der Waals surface area contributed by atoms with Gasteiger partial charge in [0.05, 0.1) is 11.3 Å². The molecule has 6 heteroatoms. The van der Waals surface area contributed by atoms with Gasteiger partial charge in [0.2, 0.25) is 5.76 Å². The summed E-state index contributed by atoms with van der Waals surface area (Å²) < 4.78 is 11.3. The molecule has 1 heterocycles. The molecule has 2 rings (SSSR count). The summed E-state index contributed by atoms with van der Waals surface area (Å²) in [5.41, 5.74) is 1.32. The molecule has 1 aromatic carbocycles. The molecule has 19 heavy (non-hydrogen) atoms. The molecule has 0 aliphatic rings. The molecule has 4 nitrogen and oxygen atoms in total. The monoisotopic (exact) mass is 344 g/mol. The van der Waals surface area contributed by atoms with Crippen molar-refractivity contribution in [3.05, 3.63) is 50.8 Å². The lowest BCUT2D eigenvalue weighted by Crippen LogP contribution is -2.03. The third-order valence-corrected chi connectivity index (χ3v) is 3.25. The van der Waals surface area contributed by atoms with Gasteiger partial charge < -0.3 is 14.3 Å². The van der Waals surface area contributed by atoms with Crippen molar-refractivity contribution in [1.82, 2.24) is 0 Å². The second kappa shape index (κ2) is 5.67. The minimum atomic E-state index is -1.12. The van der Waals surface area contributed by atoms with Crippen LogP contribution in [0, 0.1) is 6.92 Å². The predicted molar refractivity (Wildman–Crippen MR) is 73.9 cm³/mol. The molecule has 0 amide bonds. The average molecular weight is 346 g/mol. The summed E-state index contributed by atoms with van der Waals surface area (Å²) in [7, 11) is 0. The lowest BCUT2D eigenvalue weighted by atomic mass is 10.2. The molecular weight excluding hydrogens is 335 g/mol. The van der Waals surface area contributed by atoms with Crippen LogP contribution >= 0.6 is 27.5 Å². The van der Waals surface area contributed by atoms with Gasteiger partial charge in [-0.05, 0) is 30.7 Å². The predicted octanol–water partition coefficient (Wildman–Crippen LogP) is 4.28. The van der Waals surface area contributed by atoms with E-state index in [2.05, 4.69) is 15.9 Å². The number of carbonyl (C=O) groups is 1. The zero-order valence-corrected chi connectivity index (χ0v) is 12.3. The lowest BCUT2D eigenvalue weighted by Gasteiger charge is -2.11. The number of aryl methyl sites for hydroxylation is 1. The van der Waals surface area contributed by atoms with E-state index in [1.165, 1.54) is 6.26 Å². The van der Waals surface area contributed by atoms with E-state index in [4.69, 9.17) is 25.9 Å². The minimum absolute atomic E-state index is 0.0837. The molecule has 2 aromatic rings. The van der Waals surface area contributed by atoms with Gasteiger partial charge in [0, 0.05) is 10.0 Å². The Balaban J connectivity index is 2.19. The highest BCUT2D eigenvalue weighted by molar-refractivity contribution is 9.10. The van der Waals surface area contributed by atoms with Crippen LogP contribution in [0.3, 0.4) is 0 Å². The van der Waals surface area contributed by atoms with E-state index in [1.807, 2.05) is 13.0 Å². The van der Waals surface area contributed by atoms with Crippen LogP contribution in [-0.4, -0.2) is 11.1 Å². The van der Waals surface area contributed by atoms with Crippen LogP contribution < -0.4 is 4.74 Å². The molecule has 0 unspecified atom stereocenters. The number of furan rings is 1. The van der Waals surface area contributed by atoms with E-state index in [1.54, 1.807) is 12.1 Å². The molecule has 0 fully saturated rings. The van der Waals surface area contributed by atoms with Gasteiger partial charge >= 0.3 is 5.97 Å². The first-order valence-electron chi connectivity index (χ1n) is 5.37. The molecule has 1 aromatic heterocycles. The van der Waals surface area contributed by atoms with Gasteiger partial charge in [0.15, 0.2) is 0 Å².